The van der Waals surface area contributed by atoms with Gasteiger partial charge >= 0.3 is 5.97 Å². The van der Waals surface area contributed by atoms with Crippen molar-refractivity contribution in [1.29, 1.82) is 0 Å². The van der Waals surface area contributed by atoms with Gasteiger partial charge in [0.1, 0.15) is 0 Å². The van der Waals surface area contributed by atoms with Crippen LogP contribution in [0.3, 0.4) is 0 Å². The summed E-state index contributed by atoms with van der Waals surface area (Å²) in [6.07, 6.45) is 2.77. The molecule has 6 nitrogen and oxygen atoms in total. The predicted octanol–water partition coefficient (Wildman–Crippen LogP) is 6.83. The summed E-state index contributed by atoms with van der Waals surface area (Å²) in [7, 11) is 0. The lowest BCUT2D eigenvalue weighted by atomic mass is 9.87. The molecule has 3 aromatic carbocycles. The molecule has 0 bridgehead atoms. The molecule has 0 saturated heterocycles. The number of aryl methyl sites for hydroxylation is 1. The lowest BCUT2D eigenvalue weighted by Crippen LogP contribution is -2.31. The van der Waals surface area contributed by atoms with Crippen LogP contribution in [0.2, 0.25) is 5.02 Å². The highest BCUT2D eigenvalue weighted by molar-refractivity contribution is 7.17. The molecule has 1 heterocycles. The quantitative estimate of drug-likeness (QED) is 0.255. The first-order chi connectivity index (χ1) is 17.9. The molecule has 5 rings (SSSR count). The number of hydrogen-bond donors (Lipinski definition) is 3. The van der Waals surface area contributed by atoms with Crippen LogP contribution in [0, 0.1) is 0 Å². The van der Waals surface area contributed by atoms with Crippen molar-refractivity contribution in [2.75, 3.05) is 5.32 Å². The highest BCUT2D eigenvalue weighted by Crippen LogP contribution is 2.31. The summed E-state index contributed by atoms with van der Waals surface area (Å²) < 4.78 is 0. The van der Waals surface area contributed by atoms with Crippen LogP contribution in [0.15, 0.2) is 78.9 Å². The Labute approximate surface area is 222 Å². The van der Waals surface area contributed by atoms with E-state index in [0.29, 0.717) is 9.90 Å². The first-order valence-electron chi connectivity index (χ1n) is 11.8. The maximum absolute atomic E-state index is 13.0. The topological polar surface area (TPSA) is 95.5 Å². The third kappa shape index (κ3) is 5.43. The van der Waals surface area contributed by atoms with Gasteiger partial charge in [-0.25, -0.2) is 4.79 Å². The number of amides is 2. The van der Waals surface area contributed by atoms with Crippen molar-refractivity contribution in [3.63, 3.8) is 0 Å². The van der Waals surface area contributed by atoms with Gasteiger partial charge in [-0.15, -0.1) is 11.3 Å². The van der Waals surface area contributed by atoms with Crippen molar-refractivity contribution >= 4 is 46.4 Å². The van der Waals surface area contributed by atoms with Crippen molar-refractivity contribution in [3.8, 4) is 10.4 Å². The van der Waals surface area contributed by atoms with Crippen LogP contribution in [0.25, 0.3) is 10.4 Å². The number of fused-ring (bicyclic) bond motifs is 1. The molecule has 0 radical (unpaired) electrons. The van der Waals surface area contributed by atoms with E-state index >= 15 is 0 Å². The minimum atomic E-state index is -1.24. The summed E-state index contributed by atoms with van der Waals surface area (Å²) in [5, 5.41) is 16.1. The Morgan fingerprint density at radius 2 is 1.70 bits per heavy atom. The maximum Gasteiger partial charge on any atom is 0.337 e. The number of carbonyl (C=O) groups is 3. The van der Waals surface area contributed by atoms with E-state index in [-0.39, 0.29) is 28.8 Å². The Hall–Kier alpha value is -3.94. The lowest BCUT2D eigenvalue weighted by Gasteiger charge is -2.26. The zero-order valence-corrected chi connectivity index (χ0v) is 21.2. The Morgan fingerprint density at radius 1 is 0.919 bits per heavy atom. The maximum atomic E-state index is 13.0. The van der Waals surface area contributed by atoms with Crippen molar-refractivity contribution in [3.05, 3.63) is 111 Å². The Balaban J connectivity index is 1.32. The molecule has 1 aliphatic rings. The van der Waals surface area contributed by atoms with Crippen LogP contribution in [0.1, 0.15) is 60.4 Å². The first kappa shape index (κ1) is 24.7. The predicted molar refractivity (Wildman–Crippen MR) is 146 cm³/mol. The zero-order valence-electron chi connectivity index (χ0n) is 19.7. The number of benzene rings is 3. The third-order valence-electron chi connectivity index (χ3n) is 6.39. The lowest BCUT2D eigenvalue weighted by molar-refractivity contribution is 0.0698. The van der Waals surface area contributed by atoms with Gasteiger partial charge in [0.2, 0.25) is 0 Å². The van der Waals surface area contributed by atoms with E-state index in [1.165, 1.54) is 35.1 Å². The van der Waals surface area contributed by atoms with E-state index < -0.39 is 11.9 Å². The average molecular weight is 531 g/mol. The fourth-order valence-corrected chi connectivity index (χ4v) is 5.56. The molecule has 0 spiro atoms. The highest BCUT2D eigenvalue weighted by atomic mass is 35.5. The standard InChI is InChI=1S/C29H23ClN2O4S/c30-20-11-8-18(9-12-20)25-14-15-26(37-25)28(34)32-24-13-10-19(16-22(24)29(35)36)27(33)31-23-7-3-5-17-4-1-2-6-21(17)23/h1-2,4,6,8-16,23H,3,5,7H2,(H,31,33)(H,32,34)(H,35,36). The monoisotopic (exact) mass is 530 g/mol. The molecule has 37 heavy (non-hydrogen) atoms. The van der Waals surface area contributed by atoms with Gasteiger partial charge in [0.15, 0.2) is 0 Å². The molecule has 0 saturated carbocycles. The summed E-state index contributed by atoms with van der Waals surface area (Å²) >= 11 is 7.24. The number of hydrogen-bond acceptors (Lipinski definition) is 4. The molecule has 0 fully saturated rings. The van der Waals surface area contributed by atoms with Gasteiger partial charge in [0, 0.05) is 15.5 Å². The second-order valence-corrected chi connectivity index (χ2v) is 10.3. The number of carbonyl (C=O) groups excluding carboxylic acids is 2. The molecule has 1 aromatic heterocycles. The number of anilines is 1. The Bertz CT molecular complexity index is 1500. The van der Waals surface area contributed by atoms with Crippen LogP contribution in [-0.2, 0) is 6.42 Å². The minimum Gasteiger partial charge on any atom is -0.478 e. The molecule has 1 aliphatic carbocycles. The fourth-order valence-electron chi connectivity index (χ4n) is 4.53. The molecule has 3 N–H and O–H groups in total. The molecule has 4 aromatic rings. The number of nitrogens with one attached hydrogen (secondary N) is 2. The van der Waals surface area contributed by atoms with E-state index in [2.05, 4.69) is 16.7 Å². The summed E-state index contributed by atoms with van der Waals surface area (Å²) in [4.78, 5) is 39.2. The van der Waals surface area contributed by atoms with Crippen molar-refractivity contribution in [1.82, 2.24) is 5.32 Å². The highest BCUT2D eigenvalue weighted by Gasteiger charge is 2.23. The second-order valence-electron chi connectivity index (χ2n) is 8.81. The van der Waals surface area contributed by atoms with Crippen LogP contribution in [0.5, 0.6) is 0 Å². The van der Waals surface area contributed by atoms with Crippen LogP contribution >= 0.6 is 22.9 Å². The number of halogens is 1. The van der Waals surface area contributed by atoms with Crippen LogP contribution in [0.4, 0.5) is 5.69 Å². The summed E-state index contributed by atoms with van der Waals surface area (Å²) in [5.41, 5.74) is 3.43. The molecule has 8 heteroatoms. The van der Waals surface area contributed by atoms with Crippen LogP contribution in [-0.4, -0.2) is 22.9 Å². The largest absolute Gasteiger partial charge is 0.478 e. The smallest absolute Gasteiger partial charge is 0.337 e. The normalized spacial score (nSPS) is 14.5. The third-order valence-corrected chi connectivity index (χ3v) is 7.78. The zero-order chi connectivity index (χ0) is 25.9. The second kappa shape index (κ2) is 10.6. The van der Waals surface area contributed by atoms with Crippen molar-refractivity contribution < 1.29 is 19.5 Å². The van der Waals surface area contributed by atoms with Gasteiger partial charge in [0.05, 0.1) is 22.2 Å². The van der Waals surface area contributed by atoms with Gasteiger partial charge in [-0.2, -0.15) is 0 Å². The number of aromatic carboxylic acids is 1. The van der Waals surface area contributed by atoms with E-state index in [0.717, 1.165) is 35.3 Å². The Kier molecular flexibility index (Phi) is 7.08. The summed E-state index contributed by atoms with van der Waals surface area (Å²) in [5.74, 6) is -2.02. The minimum absolute atomic E-state index is 0.124. The first-order valence-corrected chi connectivity index (χ1v) is 13.0. The van der Waals surface area contributed by atoms with Crippen molar-refractivity contribution in [2.24, 2.45) is 0 Å². The molecule has 186 valence electrons. The van der Waals surface area contributed by atoms with Gasteiger partial charge in [-0.05, 0) is 78.4 Å². The molecule has 2 amide bonds. The SMILES string of the molecule is O=C(NC1CCCc2ccccc21)c1ccc(NC(=O)c2ccc(-c3ccc(Cl)cc3)s2)c(C(=O)O)c1. The summed E-state index contributed by atoms with van der Waals surface area (Å²) in [6, 6.07) is 23.0. The van der Waals surface area contributed by atoms with E-state index in [4.69, 9.17) is 11.6 Å². The van der Waals surface area contributed by atoms with Crippen molar-refractivity contribution in [2.45, 2.75) is 25.3 Å². The molecular weight excluding hydrogens is 508 g/mol. The van der Waals surface area contributed by atoms with Gasteiger partial charge in [-0.3, -0.25) is 9.59 Å². The molecule has 1 unspecified atom stereocenters. The van der Waals surface area contributed by atoms with Gasteiger partial charge in [-0.1, -0.05) is 48.0 Å². The number of carboxylic acids is 1. The van der Waals surface area contributed by atoms with Gasteiger partial charge < -0.3 is 15.7 Å². The average Bonchev–Trinajstić information content (AvgIpc) is 3.40. The summed E-state index contributed by atoms with van der Waals surface area (Å²) in [6.45, 7) is 0. The van der Waals surface area contributed by atoms with E-state index in [1.54, 1.807) is 18.2 Å². The fraction of sp³-hybridized carbons (Fsp3) is 0.138. The number of rotatable bonds is 6. The number of thiophene rings is 1. The van der Waals surface area contributed by atoms with Crippen LogP contribution < -0.4 is 10.6 Å². The Morgan fingerprint density at radius 3 is 2.49 bits per heavy atom. The van der Waals surface area contributed by atoms with E-state index in [1.807, 2.05) is 36.4 Å². The molecule has 1 atom stereocenters. The molecular formula is C29H23ClN2O4S. The van der Waals surface area contributed by atoms with E-state index in [9.17, 15) is 19.5 Å². The number of carboxylic acid groups (broad SMARTS) is 1. The molecule has 0 aliphatic heterocycles. The van der Waals surface area contributed by atoms with Gasteiger partial charge in [0.25, 0.3) is 11.8 Å².